The van der Waals surface area contributed by atoms with Gasteiger partial charge in [-0.05, 0) is 6.08 Å². The van der Waals surface area contributed by atoms with Crippen LogP contribution in [0.4, 0.5) is 14.5 Å². The maximum atomic E-state index is 12.2. The van der Waals surface area contributed by atoms with Gasteiger partial charge in [0.2, 0.25) is 0 Å². The average Bonchev–Trinajstić information content (AvgIpc) is 2.35. The van der Waals surface area contributed by atoms with Gasteiger partial charge in [-0.3, -0.25) is 10.1 Å². The Labute approximate surface area is 110 Å². The first-order chi connectivity index (χ1) is 9.35. The minimum absolute atomic E-state index is 0.251. The lowest BCUT2D eigenvalue weighted by molar-refractivity contribution is -0.385. The monoisotopic (exact) mass is 284 g/mol. The zero-order valence-electron chi connectivity index (χ0n) is 9.62. The van der Waals surface area contributed by atoms with Gasteiger partial charge in [0.05, 0.1) is 4.92 Å². The largest absolute Gasteiger partial charge is 0.478 e. The van der Waals surface area contributed by atoms with Crippen molar-refractivity contribution in [2.24, 2.45) is 0 Å². The molecule has 0 heterocycles. The molecule has 0 radical (unpaired) electrons. The molecule has 0 aliphatic heterocycles. The van der Waals surface area contributed by atoms with Crippen LogP contribution in [0.1, 0.15) is 11.1 Å². The minimum atomic E-state index is -3.22. The fraction of sp³-hybridized carbons (Fsp3) is 0.0909. The number of benzene rings is 1. The summed E-state index contributed by atoms with van der Waals surface area (Å²) in [7, 11) is 0. The van der Waals surface area contributed by atoms with Crippen molar-refractivity contribution in [2.75, 3.05) is 0 Å². The van der Waals surface area contributed by atoms with E-state index in [1.807, 2.05) is 0 Å². The van der Waals surface area contributed by atoms with E-state index in [1.165, 1.54) is 6.07 Å². The van der Waals surface area contributed by atoms with Gasteiger partial charge in [-0.15, -0.1) is 0 Å². The van der Waals surface area contributed by atoms with Crippen LogP contribution in [0.5, 0.6) is 5.75 Å². The molecular weight excluding hydrogens is 278 g/mol. The van der Waals surface area contributed by atoms with E-state index < -0.39 is 34.5 Å². The van der Waals surface area contributed by atoms with Crippen molar-refractivity contribution in [3.63, 3.8) is 0 Å². The molecule has 0 saturated carbocycles. The molecule has 1 rings (SSSR count). The van der Waals surface area contributed by atoms with Gasteiger partial charge in [-0.25, -0.2) is 4.79 Å². The standard InChI is InChI=1S/C11H6F2N2O5/c12-11(13)20-9-4-7(5-14)8(15(18)19)3-6(9)1-2-10(16)17/h1-4,11H,(H,16,17)/b2-1+. The summed E-state index contributed by atoms with van der Waals surface area (Å²) in [5.74, 6) is -1.90. The number of nitro groups is 1. The zero-order valence-corrected chi connectivity index (χ0v) is 9.62. The predicted molar refractivity (Wildman–Crippen MR) is 61.1 cm³/mol. The summed E-state index contributed by atoms with van der Waals surface area (Å²) >= 11 is 0. The second-order valence-electron chi connectivity index (χ2n) is 3.33. The molecular formula is C11H6F2N2O5. The predicted octanol–water partition coefficient (Wildman–Crippen LogP) is 2.17. The van der Waals surface area contributed by atoms with Crippen LogP contribution < -0.4 is 4.74 Å². The second kappa shape index (κ2) is 6.24. The number of alkyl halides is 2. The van der Waals surface area contributed by atoms with Gasteiger partial charge < -0.3 is 9.84 Å². The fourth-order valence-electron chi connectivity index (χ4n) is 1.31. The SMILES string of the molecule is N#Cc1cc(OC(F)F)c(/C=C/C(=O)O)cc1[N+](=O)[O-]. The van der Waals surface area contributed by atoms with Crippen molar-refractivity contribution < 1.29 is 28.3 Å². The topological polar surface area (TPSA) is 113 Å². The minimum Gasteiger partial charge on any atom is -0.478 e. The molecule has 0 atom stereocenters. The van der Waals surface area contributed by atoms with Gasteiger partial charge in [0, 0.05) is 23.8 Å². The Morgan fingerprint density at radius 3 is 2.65 bits per heavy atom. The zero-order chi connectivity index (χ0) is 15.3. The summed E-state index contributed by atoms with van der Waals surface area (Å²) in [6.07, 6.45) is 1.46. The molecule has 0 unspecified atom stereocenters. The Hall–Kier alpha value is -3.02. The van der Waals surface area contributed by atoms with Crippen molar-refractivity contribution in [3.05, 3.63) is 39.4 Å². The number of halogens is 2. The molecule has 104 valence electrons. The Balaban J connectivity index is 3.43. The lowest BCUT2D eigenvalue weighted by Gasteiger charge is -2.08. The van der Waals surface area contributed by atoms with Crippen LogP contribution in [0, 0.1) is 21.4 Å². The highest BCUT2D eigenvalue weighted by Crippen LogP contribution is 2.30. The maximum Gasteiger partial charge on any atom is 0.387 e. The number of hydrogen-bond acceptors (Lipinski definition) is 5. The summed E-state index contributed by atoms with van der Waals surface area (Å²) in [4.78, 5) is 20.2. The Kier molecular flexibility index (Phi) is 4.69. The van der Waals surface area contributed by atoms with Crippen molar-refractivity contribution >= 4 is 17.7 Å². The van der Waals surface area contributed by atoms with Crippen LogP contribution in [0.25, 0.3) is 6.08 Å². The number of nitrogens with zero attached hydrogens (tertiary/aromatic N) is 2. The first kappa shape index (κ1) is 15.0. The molecule has 9 heteroatoms. The van der Waals surface area contributed by atoms with Crippen molar-refractivity contribution in [1.29, 1.82) is 5.26 Å². The van der Waals surface area contributed by atoms with E-state index >= 15 is 0 Å². The maximum absolute atomic E-state index is 12.2. The van der Waals surface area contributed by atoms with E-state index in [4.69, 9.17) is 10.4 Å². The first-order valence-electron chi connectivity index (χ1n) is 4.93. The summed E-state index contributed by atoms with van der Waals surface area (Å²) in [5.41, 5.74) is -1.37. The molecule has 0 saturated heterocycles. The average molecular weight is 284 g/mol. The number of nitro benzene ring substituents is 1. The molecule has 0 fully saturated rings. The molecule has 0 amide bonds. The van der Waals surface area contributed by atoms with Gasteiger partial charge in [0.25, 0.3) is 5.69 Å². The van der Waals surface area contributed by atoms with Gasteiger partial charge in [-0.2, -0.15) is 14.0 Å². The Bertz CT molecular complexity index is 622. The van der Waals surface area contributed by atoms with E-state index in [0.29, 0.717) is 6.08 Å². The number of aliphatic carboxylic acids is 1. The molecule has 0 spiro atoms. The van der Waals surface area contributed by atoms with Crippen LogP contribution in [0.3, 0.4) is 0 Å². The van der Waals surface area contributed by atoms with Crippen LogP contribution in [0.2, 0.25) is 0 Å². The molecule has 0 aromatic heterocycles. The van der Waals surface area contributed by atoms with Gasteiger partial charge in [0.15, 0.2) is 0 Å². The van der Waals surface area contributed by atoms with E-state index in [1.54, 1.807) is 0 Å². The number of carboxylic acids is 1. The highest BCUT2D eigenvalue weighted by atomic mass is 19.3. The normalized spacial score (nSPS) is 10.5. The van der Waals surface area contributed by atoms with Crippen molar-refractivity contribution in [2.45, 2.75) is 6.61 Å². The van der Waals surface area contributed by atoms with Crippen LogP contribution >= 0.6 is 0 Å². The molecule has 1 N–H and O–H groups in total. The smallest absolute Gasteiger partial charge is 0.387 e. The van der Waals surface area contributed by atoms with Crippen LogP contribution in [-0.2, 0) is 4.79 Å². The number of rotatable bonds is 5. The van der Waals surface area contributed by atoms with Crippen LogP contribution in [-0.4, -0.2) is 22.6 Å². The summed E-state index contributed by atoms with van der Waals surface area (Å²) < 4.78 is 28.5. The summed E-state index contributed by atoms with van der Waals surface area (Å²) in [6, 6.07) is 3.02. The third-order valence-electron chi connectivity index (χ3n) is 2.07. The Morgan fingerprint density at radius 2 is 2.20 bits per heavy atom. The lowest BCUT2D eigenvalue weighted by Crippen LogP contribution is -2.05. The number of ether oxygens (including phenoxy) is 1. The van der Waals surface area contributed by atoms with Crippen molar-refractivity contribution in [3.8, 4) is 11.8 Å². The van der Waals surface area contributed by atoms with E-state index in [0.717, 1.165) is 18.2 Å². The second-order valence-corrected chi connectivity index (χ2v) is 3.33. The lowest BCUT2D eigenvalue weighted by atomic mass is 10.1. The van der Waals surface area contributed by atoms with Crippen LogP contribution in [0.15, 0.2) is 18.2 Å². The number of carboxylic acid groups (broad SMARTS) is 1. The third kappa shape index (κ3) is 3.74. The molecule has 20 heavy (non-hydrogen) atoms. The quantitative estimate of drug-likeness (QED) is 0.503. The van der Waals surface area contributed by atoms with E-state index in [9.17, 15) is 23.7 Å². The molecule has 1 aromatic rings. The summed E-state index contributed by atoms with van der Waals surface area (Å²) in [5, 5.41) is 27.9. The number of carbonyl (C=O) groups is 1. The number of nitriles is 1. The number of hydrogen-bond donors (Lipinski definition) is 1. The highest BCUT2D eigenvalue weighted by molar-refractivity contribution is 5.86. The van der Waals surface area contributed by atoms with Crippen molar-refractivity contribution in [1.82, 2.24) is 0 Å². The molecule has 1 aromatic carbocycles. The molecule has 0 aliphatic rings. The highest BCUT2D eigenvalue weighted by Gasteiger charge is 2.19. The van der Waals surface area contributed by atoms with E-state index in [2.05, 4.69) is 4.74 Å². The first-order valence-corrected chi connectivity index (χ1v) is 4.93. The molecule has 7 nitrogen and oxygen atoms in total. The molecule has 0 bridgehead atoms. The van der Waals surface area contributed by atoms with Gasteiger partial charge >= 0.3 is 12.6 Å². The van der Waals surface area contributed by atoms with Gasteiger partial charge in [-0.1, -0.05) is 0 Å². The summed E-state index contributed by atoms with van der Waals surface area (Å²) in [6.45, 7) is -3.22. The van der Waals surface area contributed by atoms with Gasteiger partial charge in [0.1, 0.15) is 17.4 Å². The fourth-order valence-corrected chi connectivity index (χ4v) is 1.31. The Morgan fingerprint density at radius 1 is 1.55 bits per heavy atom. The van der Waals surface area contributed by atoms with E-state index in [-0.39, 0.29) is 5.56 Å². The molecule has 0 aliphatic carbocycles. The third-order valence-corrected chi connectivity index (χ3v) is 2.07.